The van der Waals surface area contributed by atoms with Crippen molar-refractivity contribution in [1.29, 1.82) is 0 Å². The Morgan fingerprint density at radius 3 is 2.43 bits per heavy atom. The summed E-state index contributed by atoms with van der Waals surface area (Å²) < 4.78 is 7.21. The average Bonchev–Trinajstić information content (AvgIpc) is 3.31. The van der Waals surface area contributed by atoms with E-state index in [1.807, 2.05) is 30.8 Å². The van der Waals surface area contributed by atoms with Crippen LogP contribution in [0, 0.1) is 25.7 Å². The number of carbonyl (C=O) groups is 1. The summed E-state index contributed by atoms with van der Waals surface area (Å²) in [6, 6.07) is 8.77. The van der Waals surface area contributed by atoms with Crippen molar-refractivity contribution in [2.24, 2.45) is 18.9 Å². The second kappa shape index (κ2) is 8.98. The molecule has 6 nitrogen and oxygen atoms in total. The maximum Gasteiger partial charge on any atom is 0.222 e. The Hall–Kier alpha value is -2.05. The van der Waals surface area contributed by atoms with Crippen LogP contribution in [-0.2, 0) is 18.3 Å². The third-order valence-electron chi connectivity index (χ3n) is 6.95. The highest BCUT2D eigenvalue weighted by Gasteiger charge is 2.47. The predicted molar refractivity (Wildman–Crippen MR) is 120 cm³/mol. The second-order valence-corrected chi connectivity index (χ2v) is 8.65. The lowest BCUT2D eigenvalue weighted by atomic mass is 9.89. The molecule has 30 heavy (non-hydrogen) atoms. The number of aromatic nitrogens is 2. The van der Waals surface area contributed by atoms with Crippen molar-refractivity contribution in [3.05, 3.63) is 46.8 Å². The van der Waals surface area contributed by atoms with E-state index >= 15 is 0 Å². The molecule has 0 unspecified atom stereocenters. The number of hydrogen-bond donors (Lipinski definition) is 0. The van der Waals surface area contributed by atoms with E-state index in [4.69, 9.17) is 4.74 Å². The normalized spacial score (nSPS) is 23.4. The molecule has 2 aliphatic rings. The van der Waals surface area contributed by atoms with Crippen LogP contribution in [0.5, 0.6) is 5.75 Å². The van der Waals surface area contributed by atoms with Crippen molar-refractivity contribution in [2.45, 2.75) is 32.7 Å². The number of rotatable bonds is 5. The first-order valence-electron chi connectivity index (χ1n) is 10.5. The van der Waals surface area contributed by atoms with Gasteiger partial charge in [0.1, 0.15) is 5.75 Å². The van der Waals surface area contributed by atoms with E-state index < -0.39 is 0 Å². The topological polar surface area (TPSA) is 50.6 Å². The number of aryl methyl sites for hydroxylation is 2. The van der Waals surface area contributed by atoms with Crippen LogP contribution in [0.2, 0.25) is 0 Å². The SMILES string of the molecule is COc1ccc([C@H]2[C@@H]3CN(C(=O)CCc4c(C)nn(C)c4C)C[C@@H]3CN2C)cc1.Cl. The van der Waals surface area contributed by atoms with Gasteiger partial charge in [-0.1, -0.05) is 12.1 Å². The van der Waals surface area contributed by atoms with Crippen LogP contribution in [-0.4, -0.2) is 59.3 Å². The summed E-state index contributed by atoms with van der Waals surface area (Å²) in [4.78, 5) is 17.5. The maximum atomic E-state index is 13.0. The zero-order chi connectivity index (χ0) is 20.7. The van der Waals surface area contributed by atoms with Gasteiger partial charge < -0.3 is 9.64 Å². The molecule has 1 aromatic heterocycles. The summed E-state index contributed by atoms with van der Waals surface area (Å²) >= 11 is 0. The third kappa shape index (κ3) is 4.08. The average molecular weight is 433 g/mol. The van der Waals surface area contributed by atoms with Crippen LogP contribution in [0.15, 0.2) is 24.3 Å². The summed E-state index contributed by atoms with van der Waals surface area (Å²) in [7, 11) is 5.86. The van der Waals surface area contributed by atoms with Crippen LogP contribution < -0.4 is 4.74 Å². The number of nitrogens with zero attached hydrogens (tertiary/aromatic N) is 4. The molecule has 2 aromatic rings. The van der Waals surface area contributed by atoms with Gasteiger partial charge in [-0.2, -0.15) is 5.10 Å². The molecule has 0 saturated carbocycles. The van der Waals surface area contributed by atoms with Crippen molar-refractivity contribution >= 4 is 18.3 Å². The molecule has 2 fully saturated rings. The predicted octanol–water partition coefficient (Wildman–Crippen LogP) is 3.16. The van der Waals surface area contributed by atoms with Crippen molar-refractivity contribution in [3.8, 4) is 5.75 Å². The Kier molecular flexibility index (Phi) is 6.78. The number of carbonyl (C=O) groups excluding carboxylic acids is 1. The number of hydrogen-bond acceptors (Lipinski definition) is 4. The molecule has 0 aliphatic carbocycles. The highest BCUT2D eigenvalue weighted by atomic mass is 35.5. The van der Waals surface area contributed by atoms with Crippen LogP contribution in [0.25, 0.3) is 0 Å². The van der Waals surface area contributed by atoms with E-state index in [9.17, 15) is 4.79 Å². The van der Waals surface area contributed by atoms with Gasteiger partial charge in [-0.25, -0.2) is 0 Å². The monoisotopic (exact) mass is 432 g/mol. The second-order valence-electron chi connectivity index (χ2n) is 8.65. The quantitative estimate of drug-likeness (QED) is 0.728. The number of likely N-dealkylation sites (tertiary alicyclic amines) is 2. The van der Waals surface area contributed by atoms with Gasteiger partial charge in [-0.05, 0) is 56.5 Å². The van der Waals surface area contributed by atoms with E-state index in [-0.39, 0.29) is 18.3 Å². The van der Waals surface area contributed by atoms with E-state index in [1.54, 1.807) is 7.11 Å². The van der Waals surface area contributed by atoms with Gasteiger partial charge >= 0.3 is 0 Å². The minimum Gasteiger partial charge on any atom is -0.497 e. The van der Waals surface area contributed by atoms with E-state index in [2.05, 4.69) is 41.0 Å². The number of amides is 1. The number of ether oxygens (including phenoxy) is 1. The lowest BCUT2D eigenvalue weighted by molar-refractivity contribution is -0.130. The summed E-state index contributed by atoms with van der Waals surface area (Å²) in [6.07, 6.45) is 1.34. The lowest BCUT2D eigenvalue weighted by Crippen LogP contribution is -2.33. The molecule has 2 aliphatic heterocycles. The number of fused-ring (bicyclic) bond motifs is 1. The Labute approximate surface area is 185 Å². The van der Waals surface area contributed by atoms with Crippen molar-refractivity contribution in [3.63, 3.8) is 0 Å². The molecule has 0 N–H and O–H groups in total. The first kappa shape index (κ1) is 22.6. The number of halogens is 1. The highest BCUT2D eigenvalue weighted by Crippen LogP contribution is 2.44. The minimum absolute atomic E-state index is 0. The van der Waals surface area contributed by atoms with Gasteiger partial charge in [0, 0.05) is 50.8 Å². The van der Waals surface area contributed by atoms with Crippen molar-refractivity contribution in [2.75, 3.05) is 33.8 Å². The van der Waals surface area contributed by atoms with Gasteiger partial charge in [0.25, 0.3) is 0 Å². The molecule has 1 amide bonds. The fourth-order valence-corrected chi connectivity index (χ4v) is 5.33. The summed E-state index contributed by atoms with van der Waals surface area (Å²) in [6.45, 7) is 6.89. The molecule has 4 rings (SSSR count). The molecule has 1 aromatic carbocycles. The van der Waals surface area contributed by atoms with Crippen molar-refractivity contribution < 1.29 is 9.53 Å². The molecule has 7 heteroatoms. The van der Waals surface area contributed by atoms with Gasteiger partial charge in [-0.15, -0.1) is 12.4 Å². The Morgan fingerprint density at radius 1 is 1.13 bits per heavy atom. The third-order valence-corrected chi connectivity index (χ3v) is 6.95. The van der Waals surface area contributed by atoms with Gasteiger partial charge in [0.2, 0.25) is 5.91 Å². The Bertz CT molecular complexity index is 895. The van der Waals surface area contributed by atoms with Crippen LogP contribution in [0.4, 0.5) is 0 Å². The van der Waals surface area contributed by atoms with E-state index in [0.717, 1.165) is 43.2 Å². The number of methoxy groups -OCH3 is 1. The van der Waals surface area contributed by atoms with Crippen LogP contribution >= 0.6 is 12.4 Å². The van der Waals surface area contributed by atoms with E-state index in [1.165, 1.54) is 11.1 Å². The maximum absolute atomic E-state index is 13.0. The molecule has 2 saturated heterocycles. The fourth-order valence-electron chi connectivity index (χ4n) is 5.33. The minimum atomic E-state index is 0. The zero-order valence-corrected chi connectivity index (χ0v) is 19.4. The lowest BCUT2D eigenvalue weighted by Gasteiger charge is -2.27. The summed E-state index contributed by atoms with van der Waals surface area (Å²) in [5.41, 5.74) is 4.74. The summed E-state index contributed by atoms with van der Waals surface area (Å²) in [5, 5.41) is 4.47. The zero-order valence-electron chi connectivity index (χ0n) is 18.6. The molecule has 3 heterocycles. The first-order chi connectivity index (χ1) is 13.9. The Morgan fingerprint density at radius 2 is 1.83 bits per heavy atom. The molecule has 0 bridgehead atoms. The van der Waals surface area contributed by atoms with Gasteiger partial charge in [0.15, 0.2) is 0 Å². The van der Waals surface area contributed by atoms with Crippen LogP contribution in [0.1, 0.15) is 35.0 Å². The Balaban J connectivity index is 0.00000256. The van der Waals surface area contributed by atoms with Crippen LogP contribution in [0.3, 0.4) is 0 Å². The molecular weight excluding hydrogens is 400 g/mol. The highest BCUT2D eigenvalue weighted by molar-refractivity contribution is 5.85. The smallest absolute Gasteiger partial charge is 0.222 e. The largest absolute Gasteiger partial charge is 0.497 e. The van der Waals surface area contributed by atoms with Gasteiger partial charge in [-0.3, -0.25) is 14.4 Å². The fraction of sp³-hybridized carbons (Fsp3) is 0.565. The first-order valence-corrected chi connectivity index (χ1v) is 10.5. The van der Waals surface area contributed by atoms with Crippen molar-refractivity contribution in [1.82, 2.24) is 19.6 Å². The molecular formula is C23H33ClN4O2. The molecule has 0 radical (unpaired) electrons. The number of benzene rings is 1. The summed E-state index contributed by atoms with van der Waals surface area (Å²) in [5.74, 6) is 2.21. The molecule has 164 valence electrons. The molecule has 0 spiro atoms. The van der Waals surface area contributed by atoms with E-state index in [0.29, 0.717) is 24.3 Å². The standard InChI is InChI=1S/C23H32N4O2.ClH/c1-15-20(16(2)26(4)24-15)10-11-22(28)27-13-18-12-25(3)23(21(18)14-27)17-6-8-19(29-5)9-7-17;/h6-9,18,21,23H,10-14H2,1-5H3;1H/t18-,21+,23-;/m0./s1. The molecule has 3 atom stereocenters. The van der Waals surface area contributed by atoms with Gasteiger partial charge in [0.05, 0.1) is 12.8 Å².